The molecular weight excluding hydrogens is 174 g/mol. The number of likely N-dealkylation sites (tertiary alicyclic amines) is 1. The summed E-state index contributed by atoms with van der Waals surface area (Å²) in [6, 6.07) is 0. The van der Waals surface area contributed by atoms with E-state index in [2.05, 4.69) is 0 Å². The van der Waals surface area contributed by atoms with E-state index in [1.54, 1.807) is 6.92 Å². The van der Waals surface area contributed by atoms with E-state index in [4.69, 9.17) is 4.74 Å². The van der Waals surface area contributed by atoms with E-state index in [9.17, 15) is 15.0 Å². The maximum Gasteiger partial charge on any atom is 0.411 e. The van der Waals surface area contributed by atoms with E-state index >= 15 is 0 Å². The smallest absolute Gasteiger partial charge is 0.411 e. The largest absolute Gasteiger partial charge is 0.450 e. The van der Waals surface area contributed by atoms with Gasteiger partial charge in [0.2, 0.25) is 0 Å². The molecule has 1 amide bonds. The fourth-order valence-electron chi connectivity index (χ4n) is 1.37. The molecule has 76 valence electrons. The standard InChI is InChI=1S/C8H15NO4/c1-2-13-8(12)9-5-3-4-6(10)7(9)11/h6-7,10-11H,2-5H2,1H3. The number of ether oxygens (including phenoxy) is 1. The average molecular weight is 189 g/mol. The highest BCUT2D eigenvalue weighted by molar-refractivity contribution is 5.68. The molecule has 1 aliphatic heterocycles. The molecule has 13 heavy (non-hydrogen) atoms. The Labute approximate surface area is 76.9 Å². The van der Waals surface area contributed by atoms with Crippen molar-refractivity contribution in [2.24, 2.45) is 0 Å². The van der Waals surface area contributed by atoms with Gasteiger partial charge in [0.25, 0.3) is 0 Å². The molecule has 1 fully saturated rings. The lowest BCUT2D eigenvalue weighted by Gasteiger charge is -2.34. The first-order chi connectivity index (χ1) is 6.16. The van der Waals surface area contributed by atoms with Gasteiger partial charge < -0.3 is 14.9 Å². The molecule has 5 nitrogen and oxygen atoms in total. The van der Waals surface area contributed by atoms with E-state index in [-0.39, 0.29) is 6.61 Å². The number of nitrogens with zero attached hydrogens (tertiary/aromatic N) is 1. The first kappa shape index (κ1) is 10.3. The Morgan fingerprint density at radius 2 is 2.31 bits per heavy atom. The van der Waals surface area contributed by atoms with Gasteiger partial charge in [-0.15, -0.1) is 0 Å². The Bertz CT molecular complexity index is 185. The van der Waals surface area contributed by atoms with Gasteiger partial charge in [0.1, 0.15) is 0 Å². The first-order valence-electron chi connectivity index (χ1n) is 4.46. The van der Waals surface area contributed by atoms with Crippen LogP contribution < -0.4 is 0 Å². The Morgan fingerprint density at radius 3 is 2.92 bits per heavy atom. The summed E-state index contributed by atoms with van der Waals surface area (Å²) in [7, 11) is 0. The quantitative estimate of drug-likeness (QED) is 0.605. The number of aliphatic hydroxyl groups excluding tert-OH is 2. The minimum atomic E-state index is -1.12. The third-order valence-electron chi connectivity index (χ3n) is 2.06. The second-order valence-corrected chi connectivity index (χ2v) is 3.02. The number of carbonyl (C=O) groups is 1. The zero-order valence-corrected chi connectivity index (χ0v) is 7.64. The molecule has 0 spiro atoms. The molecule has 1 aliphatic rings. The number of amides is 1. The summed E-state index contributed by atoms with van der Waals surface area (Å²) in [6.07, 6.45) is -1.31. The van der Waals surface area contributed by atoms with Crippen LogP contribution in [0.2, 0.25) is 0 Å². The van der Waals surface area contributed by atoms with Crippen LogP contribution in [0.5, 0.6) is 0 Å². The molecule has 2 atom stereocenters. The third kappa shape index (κ3) is 2.32. The maximum absolute atomic E-state index is 11.2. The number of aliphatic hydroxyl groups is 2. The fourth-order valence-corrected chi connectivity index (χ4v) is 1.37. The Balaban J connectivity index is 2.52. The summed E-state index contributed by atoms with van der Waals surface area (Å²) in [6.45, 7) is 2.42. The van der Waals surface area contributed by atoms with Gasteiger partial charge in [0, 0.05) is 6.54 Å². The van der Waals surface area contributed by atoms with Crippen molar-refractivity contribution in [1.29, 1.82) is 0 Å². The van der Waals surface area contributed by atoms with Crippen LogP contribution in [-0.2, 0) is 4.74 Å². The van der Waals surface area contributed by atoms with Crippen LogP contribution in [0.15, 0.2) is 0 Å². The molecule has 5 heteroatoms. The summed E-state index contributed by atoms with van der Waals surface area (Å²) in [5, 5.41) is 18.7. The molecule has 1 rings (SSSR count). The lowest BCUT2D eigenvalue weighted by atomic mass is 10.1. The number of piperidine rings is 1. The summed E-state index contributed by atoms with van der Waals surface area (Å²) in [5.41, 5.74) is 0. The van der Waals surface area contributed by atoms with Crippen LogP contribution in [0.4, 0.5) is 4.79 Å². The molecule has 1 heterocycles. The molecule has 1 saturated heterocycles. The molecular formula is C8H15NO4. The second-order valence-electron chi connectivity index (χ2n) is 3.02. The fraction of sp³-hybridized carbons (Fsp3) is 0.875. The zero-order chi connectivity index (χ0) is 9.84. The highest BCUT2D eigenvalue weighted by Crippen LogP contribution is 2.16. The van der Waals surface area contributed by atoms with E-state index < -0.39 is 18.4 Å². The highest BCUT2D eigenvalue weighted by Gasteiger charge is 2.32. The third-order valence-corrected chi connectivity index (χ3v) is 2.06. The van der Waals surface area contributed by atoms with Crippen molar-refractivity contribution in [3.05, 3.63) is 0 Å². The van der Waals surface area contributed by atoms with Crippen molar-refractivity contribution < 1.29 is 19.7 Å². The van der Waals surface area contributed by atoms with Crippen LogP contribution in [0.1, 0.15) is 19.8 Å². The van der Waals surface area contributed by atoms with Crippen molar-refractivity contribution in [2.45, 2.75) is 32.1 Å². The molecule has 0 aromatic rings. The molecule has 0 bridgehead atoms. The van der Waals surface area contributed by atoms with Crippen molar-refractivity contribution in [3.8, 4) is 0 Å². The molecule has 0 aliphatic carbocycles. The van der Waals surface area contributed by atoms with Crippen molar-refractivity contribution in [2.75, 3.05) is 13.2 Å². The van der Waals surface area contributed by atoms with Crippen LogP contribution >= 0.6 is 0 Å². The minimum Gasteiger partial charge on any atom is -0.450 e. The SMILES string of the molecule is CCOC(=O)N1CCCC(O)C1O. The Hall–Kier alpha value is -0.810. The molecule has 2 N–H and O–H groups in total. The number of carbonyl (C=O) groups excluding carboxylic acids is 1. The summed E-state index contributed by atoms with van der Waals surface area (Å²) in [5.74, 6) is 0. The van der Waals surface area contributed by atoms with Gasteiger partial charge in [-0.3, -0.25) is 4.90 Å². The summed E-state index contributed by atoms with van der Waals surface area (Å²) in [4.78, 5) is 12.3. The second kappa shape index (κ2) is 4.43. The van der Waals surface area contributed by atoms with E-state index in [0.717, 1.165) is 4.90 Å². The summed E-state index contributed by atoms with van der Waals surface area (Å²) >= 11 is 0. The van der Waals surface area contributed by atoms with Gasteiger partial charge in [-0.25, -0.2) is 4.79 Å². The first-order valence-corrected chi connectivity index (χ1v) is 4.46. The van der Waals surface area contributed by atoms with Gasteiger partial charge in [-0.1, -0.05) is 0 Å². The lowest BCUT2D eigenvalue weighted by molar-refractivity contribution is -0.0971. The van der Waals surface area contributed by atoms with E-state index in [0.29, 0.717) is 19.4 Å². The molecule has 0 radical (unpaired) electrons. The molecule has 2 unspecified atom stereocenters. The normalized spacial score (nSPS) is 28.7. The molecule has 0 saturated carbocycles. The topological polar surface area (TPSA) is 70.0 Å². The number of hydrogen-bond donors (Lipinski definition) is 2. The monoisotopic (exact) mass is 189 g/mol. The van der Waals surface area contributed by atoms with Crippen molar-refractivity contribution in [3.63, 3.8) is 0 Å². The van der Waals surface area contributed by atoms with E-state index in [1.165, 1.54) is 0 Å². The van der Waals surface area contributed by atoms with E-state index in [1.807, 2.05) is 0 Å². The van der Waals surface area contributed by atoms with Crippen LogP contribution in [0.25, 0.3) is 0 Å². The average Bonchev–Trinajstić information content (AvgIpc) is 2.10. The Morgan fingerprint density at radius 1 is 1.62 bits per heavy atom. The Kier molecular flexibility index (Phi) is 3.50. The predicted octanol–water partition coefficient (Wildman–Crippen LogP) is -0.0820. The van der Waals surface area contributed by atoms with Gasteiger partial charge >= 0.3 is 6.09 Å². The number of rotatable bonds is 1. The van der Waals surface area contributed by atoms with Gasteiger partial charge in [0.15, 0.2) is 6.23 Å². The number of hydrogen-bond acceptors (Lipinski definition) is 4. The van der Waals surface area contributed by atoms with Crippen LogP contribution in [0, 0.1) is 0 Å². The molecule has 0 aromatic heterocycles. The maximum atomic E-state index is 11.2. The highest BCUT2D eigenvalue weighted by atomic mass is 16.6. The van der Waals surface area contributed by atoms with Gasteiger partial charge in [-0.05, 0) is 19.8 Å². The minimum absolute atomic E-state index is 0.276. The van der Waals surface area contributed by atoms with Crippen LogP contribution in [-0.4, -0.2) is 46.7 Å². The van der Waals surface area contributed by atoms with Crippen molar-refractivity contribution >= 4 is 6.09 Å². The van der Waals surface area contributed by atoms with Gasteiger partial charge in [-0.2, -0.15) is 0 Å². The van der Waals surface area contributed by atoms with Gasteiger partial charge in [0.05, 0.1) is 12.7 Å². The van der Waals surface area contributed by atoms with Crippen molar-refractivity contribution in [1.82, 2.24) is 4.90 Å². The predicted molar refractivity (Wildman–Crippen MR) is 45.0 cm³/mol. The summed E-state index contributed by atoms with van der Waals surface area (Å²) < 4.78 is 4.72. The van der Waals surface area contributed by atoms with Crippen LogP contribution in [0.3, 0.4) is 0 Å². The zero-order valence-electron chi connectivity index (χ0n) is 7.64. The molecule has 0 aromatic carbocycles. The lowest BCUT2D eigenvalue weighted by Crippen LogP contribution is -2.51.